The van der Waals surface area contributed by atoms with Gasteiger partial charge in [-0.15, -0.1) is 11.3 Å². The Morgan fingerprint density at radius 3 is 2.79 bits per heavy atom. The van der Waals surface area contributed by atoms with Crippen molar-refractivity contribution in [1.82, 2.24) is 10.3 Å². The van der Waals surface area contributed by atoms with Gasteiger partial charge in [0.05, 0.1) is 6.04 Å². The molecule has 1 atom stereocenters. The van der Waals surface area contributed by atoms with E-state index in [1.54, 1.807) is 11.3 Å². The van der Waals surface area contributed by atoms with Crippen LogP contribution in [-0.4, -0.2) is 30.0 Å². The van der Waals surface area contributed by atoms with Crippen molar-refractivity contribution in [1.29, 1.82) is 0 Å². The standard InChI is InChI=1S/C23H21N3O2S/c27-22(17-11-9-16(10-12-17)21-8-4-14-29-21)24-15-18-5-3-13-26(18)23-25-19-6-1-2-7-20(19)28-23/h1-2,4,6-12,14,18H,3,5,13,15H2,(H,24,27). The van der Waals surface area contributed by atoms with Gasteiger partial charge in [0.1, 0.15) is 5.52 Å². The number of carbonyl (C=O) groups is 1. The minimum absolute atomic E-state index is 0.0489. The highest BCUT2D eigenvalue weighted by molar-refractivity contribution is 7.13. The number of hydrogen-bond donors (Lipinski definition) is 1. The zero-order valence-electron chi connectivity index (χ0n) is 15.9. The maximum Gasteiger partial charge on any atom is 0.298 e. The van der Waals surface area contributed by atoms with Crippen molar-refractivity contribution in [2.45, 2.75) is 18.9 Å². The molecule has 0 aliphatic carbocycles. The van der Waals surface area contributed by atoms with Crippen molar-refractivity contribution < 1.29 is 9.21 Å². The highest BCUT2D eigenvalue weighted by Crippen LogP contribution is 2.28. The van der Waals surface area contributed by atoms with Crippen LogP contribution in [0, 0.1) is 0 Å². The smallest absolute Gasteiger partial charge is 0.298 e. The molecule has 1 N–H and O–H groups in total. The maximum atomic E-state index is 12.6. The van der Waals surface area contributed by atoms with E-state index in [0.717, 1.165) is 36.0 Å². The summed E-state index contributed by atoms with van der Waals surface area (Å²) in [4.78, 5) is 20.6. The molecule has 1 fully saturated rings. The van der Waals surface area contributed by atoms with E-state index in [4.69, 9.17) is 4.42 Å². The van der Waals surface area contributed by atoms with Crippen LogP contribution in [0.15, 0.2) is 70.5 Å². The van der Waals surface area contributed by atoms with E-state index in [1.807, 2.05) is 54.6 Å². The van der Waals surface area contributed by atoms with Crippen LogP contribution >= 0.6 is 11.3 Å². The van der Waals surface area contributed by atoms with E-state index in [9.17, 15) is 4.79 Å². The van der Waals surface area contributed by atoms with Gasteiger partial charge in [-0.3, -0.25) is 4.79 Å². The Bertz CT molecular complexity index is 1090. The number of hydrogen-bond acceptors (Lipinski definition) is 5. The maximum absolute atomic E-state index is 12.6. The Morgan fingerprint density at radius 2 is 2.00 bits per heavy atom. The van der Waals surface area contributed by atoms with Crippen LogP contribution in [-0.2, 0) is 0 Å². The highest BCUT2D eigenvalue weighted by atomic mass is 32.1. The summed E-state index contributed by atoms with van der Waals surface area (Å²) in [7, 11) is 0. The second-order valence-electron chi connectivity index (χ2n) is 7.22. The number of oxazole rings is 1. The van der Waals surface area contributed by atoms with Gasteiger partial charge >= 0.3 is 0 Å². The first-order chi connectivity index (χ1) is 14.3. The van der Waals surface area contributed by atoms with Gasteiger partial charge < -0.3 is 14.6 Å². The molecular weight excluding hydrogens is 382 g/mol. The molecule has 0 spiro atoms. The minimum Gasteiger partial charge on any atom is -0.423 e. The third-order valence-corrected chi connectivity index (χ3v) is 6.28. The summed E-state index contributed by atoms with van der Waals surface area (Å²) in [6.45, 7) is 1.47. The summed E-state index contributed by atoms with van der Waals surface area (Å²) in [5, 5.41) is 5.14. The minimum atomic E-state index is -0.0489. The molecule has 5 rings (SSSR count). The van der Waals surface area contributed by atoms with Crippen molar-refractivity contribution in [2.24, 2.45) is 0 Å². The summed E-state index contributed by atoms with van der Waals surface area (Å²) in [6.07, 6.45) is 2.07. The normalized spacial score (nSPS) is 16.4. The number of nitrogens with zero attached hydrogens (tertiary/aromatic N) is 2. The lowest BCUT2D eigenvalue weighted by atomic mass is 10.1. The Kier molecular flexibility index (Phi) is 4.77. The number of benzene rings is 2. The third kappa shape index (κ3) is 3.63. The van der Waals surface area contributed by atoms with Gasteiger partial charge in [0, 0.05) is 23.5 Å². The Morgan fingerprint density at radius 1 is 1.14 bits per heavy atom. The fourth-order valence-corrected chi connectivity index (χ4v) is 4.56. The van der Waals surface area contributed by atoms with Gasteiger partial charge in [-0.05, 0) is 54.1 Å². The molecule has 3 heterocycles. The molecule has 5 nitrogen and oxygen atoms in total. The fraction of sp³-hybridized carbons (Fsp3) is 0.217. The molecule has 146 valence electrons. The van der Waals surface area contributed by atoms with Gasteiger partial charge in [0.15, 0.2) is 5.58 Å². The van der Waals surface area contributed by atoms with E-state index < -0.39 is 0 Å². The van der Waals surface area contributed by atoms with Crippen LogP contribution in [0.3, 0.4) is 0 Å². The zero-order chi connectivity index (χ0) is 19.6. The molecular formula is C23H21N3O2S. The van der Waals surface area contributed by atoms with Gasteiger partial charge in [-0.1, -0.05) is 30.3 Å². The number of fused-ring (bicyclic) bond motifs is 1. The summed E-state index contributed by atoms with van der Waals surface area (Å²) < 4.78 is 5.93. The number of nitrogens with one attached hydrogen (secondary N) is 1. The average molecular weight is 404 g/mol. The molecule has 2 aromatic carbocycles. The Hall–Kier alpha value is -3.12. The van der Waals surface area contributed by atoms with Crippen molar-refractivity contribution >= 4 is 34.4 Å². The molecule has 1 unspecified atom stereocenters. The molecule has 1 amide bonds. The molecule has 4 aromatic rings. The first-order valence-corrected chi connectivity index (χ1v) is 10.7. The van der Waals surface area contributed by atoms with Gasteiger partial charge in [0.2, 0.25) is 0 Å². The predicted molar refractivity (Wildman–Crippen MR) is 116 cm³/mol. The Balaban J connectivity index is 1.24. The summed E-state index contributed by atoms with van der Waals surface area (Å²) >= 11 is 1.70. The molecule has 2 aromatic heterocycles. The number of amides is 1. The van der Waals surface area contributed by atoms with Crippen LogP contribution in [0.2, 0.25) is 0 Å². The van der Waals surface area contributed by atoms with Crippen molar-refractivity contribution in [3.05, 3.63) is 71.6 Å². The highest BCUT2D eigenvalue weighted by Gasteiger charge is 2.28. The van der Waals surface area contributed by atoms with Crippen LogP contribution in [0.4, 0.5) is 6.01 Å². The first-order valence-electron chi connectivity index (χ1n) is 9.82. The van der Waals surface area contributed by atoms with E-state index in [1.165, 1.54) is 4.88 Å². The molecule has 0 bridgehead atoms. The summed E-state index contributed by atoms with van der Waals surface area (Å²) in [5.41, 5.74) is 3.47. The first kappa shape index (κ1) is 17.9. The van der Waals surface area contributed by atoms with E-state index in [-0.39, 0.29) is 11.9 Å². The SMILES string of the molecule is O=C(NCC1CCCN1c1nc2ccccc2o1)c1ccc(-c2cccs2)cc1. The number of aromatic nitrogens is 1. The van der Waals surface area contributed by atoms with Gasteiger partial charge in [-0.2, -0.15) is 4.98 Å². The fourth-order valence-electron chi connectivity index (χ4n) is 3.82. The van der Waals surface area contributed by atoms with Crippen molar-refractivity contribution in [3.8, 4) is 10.4 Å². The molecule has 1 aliphatic rings. The number of para-hydroxylation sites is 2. The molecule has 1 aliphatic heterocycles. The molecule has 1 saturated heterocycles. The summed E-state index contributed by atoms with van der Waals surface area (Å²) in [6, 6.07) is 20.5. The van der Waals surface area contributed by atoms with Gasteiger partial charge in [-0.25, -0.2) is 0 Å². The number of carbonyl (C=O) groups excluding carboxylic acids is 1. The van der Waals surface area contributed by atoms with E-state index in [2.05, 4.69) is 26.6 Å². The Labute approximate surface area is 173 Å². The number of rotatable bonds is 5. The second-order valence-corrected chi connectivity index (χ2v) is 8.17. The molecule has 0 radical (unpaired) electrons. The van der Waals surface area contributed by atoms with Gasteiger partial charge in [0.25, 0.3) is 11.9 Å². The third-order valence-electron chi connectivity index (χ3n) is 5.36. The van der Waals surface area contributed by atoms with Crippen molar-refractivity contribution in [2.75, 3.05) is 18.0 Å². The summed E-state index contributed by atoms with van der Waals surface area (Å²) in [5.74, 6) is -0.0489. The molecule has 0 saturated carbocycles. The number of anilines is 1. The van der Waals surface area contributed by atoms with Crippen LogP contribution in [0.25, 0.3) is 21.5 Å². The lowest BCUT2D eigenvalue weighted by Crippen LogP contribution is -2.40. The lowest BCUT2D eigenvalue weighted by Gasteiger charge is -2.23. The van der Waals surface area contributed by atoms with E-state index in [0.29, 0.717) is 18.1 Å². The average Bonchev–Trinajstić information content (AvgIpc) is 3.52. The van der Waals surface area contributed by atoms with Crippen LogP contribution < -0.4 is 10.2 Å². The van der Waals surface area contributed by atoms with E-state index >= 15 is 0 Å². The molecule has 29 heavy (non-hydrogen) atoms. The molecule has 6 heteroatoms. The zero-order valence-corrected chi connectivity index (χ0v) is 16.7. The lowest BCUT2D eigenvalue weighted by molar-refractivity contribution is 0.0951. The quantitative estimate of drug-likeness (QED) is 0.512. The monoisotopic (exact) mass is 403 g/mol. The van der Waals surface area contributed by atoms with Crippen LogP contribution in [0.1, 0.15) is 23.2 Å². The second kappa shape index (κ2) is 7.72. The number of thiophene rings is 1. The largest absolute Gasteiger partial charge is 0.423 e. The van der Waals surface area contributed by atoms with Crippen molar-refractivity contribution in [3.63, 3.8) is 0 Å². The topological polar surface area (TPSA) is 58.4 Å². The predicted octanol–water partition coefficient (Wildman–Crippen LogP) is 4.96. The van der Waals surface area contributed by atoms with Crippen LogP contribution in [0.5, 0.6) is 0 Å².